The minimum atomic E-state index is -0.195. The summed E-state index contributed by atoms with van der Waals surface area (Å²) in [5, 5.41) is 7.21. The van der Waals surface area contributed by atoms with Gasteiger partial charge in [0.05, 0.1) is 18.4 Å². The maximum atomic E-state index is 11.9. The molecule has 2 N–H and O–H groups in total. The maximum Gasteiger partial charge on any atom is 0.259 e. The Bertz CT molecular complexity index is 720. The second kappa shape index (κ2) is 8.87. The topological polar surface area (TPSA) is 62.7 Å². The van der Waals surface area contributed by atoms with Gasteiger partial charge >= 0.3 is 0 Å². The lowest BCUT2D eigenvalue weighted by molar-refractivity contribution is -0.119. The van der Waals surface area contributed by atoms with Crippen LogP contribution in [0.15, 0.2) is 53.6 Å². The fraction of sp³-hybridized carbons (Fsp3) is 0.300. The number of nitrogens with zero attached hydrogens (tertiary/aromatic N) is 1. The molecule has 0 aliphatic rings. The predicted molar refractivity (Wildman–Crippen MR) is 102 cm³/mol. The van der Waals surface area contributed by atoms with Crippen LogP contribution >= 0.6 is 0 Å². The summed E-state index contributed by atoms with van der Waals surface area (Å²) in [6.07, 6.45) is 0.140. The van der Waals surface area contributed by atoms with Crippen LogP contribution in [0.5, 0.6) is 5.75 Å². The van der Waals surface area contributed by atoms with Crippen molar-refractivity contribution in [2.45, 2.75) is 33.8 Å². The Morgan fingerprint density at radius 1 is 1.08 bits per heavy atom. The van der Waals surface area contributed by atoms with Crippen molar-refractivity contribution in [3.63, 3.8) is 0 Å². The molecular formula is C20H25N3O2. The van der Waals surface area contributed by atoms with Gasteiger partial charge in [0.1, 0.15) is 5.75 Å². The van der Waals surface area contributed by atoms with E-state index in [0.29, 0.717) is 0 Å². The third kappa shape index (κ3) is 6.30. The van der Waals surface area contributed by atoms with Crippen LogP contribution in [0.1, 0.15) is 31.9 Å². The van der Waals surface area contributed by atoms with Gasteiger partial charge in [-0.2, -0.15) is 5.10 Å². The summed E-state index contributed by atoms with van der Waals surface area (Å²) in [7, 11) is 0. The van der Waals surface area contributed by atoms with Crippen LogP contribution in [0, 0.1) is 6.92 Å². The van der Waals surface area contributed by atoms with Gasteiger partial charge in [-0.05, 0) is 69.7 Å². The Hall–Kier alpha value is -2.82. The average molecular weight is 339 g/mol. The summed E-state index contributed by atoms with van der Waals surface area (Å²) in [5.41, 5.74) is 6.32. The van der Waals surface area contributed by atoms with Gasteiger partial charge in [-0.25, -0.2) is 5.43 Å². The van der Waals surface area contributed by atoms with E-state index in [0.717, 1.165) is 22.7 Å². The molecule has 132 valence electrons. The molecule has 0 atom stereocenters. The Morgan fingerprint density at radius 3 is 2.32 bits per heavy atom. The number of amides is 1. The summed E-state index contributed by atoms with van der Waals surface area (Å²) >= 11 is 0. The summed E-state index contributed by atoms with van der Waals surface area (Å²) in [6, 6.07) is 15.5. The molecule has 0 radical (unpaired) electrons. The van der Waals surface area contributed by atoms with E-state index in [4.69, 9.17) is 4.74 Å². The normalized spacial score (nSPS) is 11.3. The Balaban J connectivity index is 1.85. The lowest BCUT2D eigenvalue weighted by Gasteiger charge is -2.10. The zero-order valence-electron chi connectivity index (χ0n) is 15.2. The third-order valence-electron chi connectivity index (χ3n) is 3.50. The van der Waals surface area contributed by atoms with Gasteiger partial charge in [0, 0.05) is 5.69 Å². The SMILES string of the molecule is C/C(=N/NC(=O)CNc1ccc(C)cc1)c1ccc(OC(C)C)cc1. The minimum absolute atomic E-state index is 0.140. The highest BCUT2D eigenvalue weighted by molar-refractivity contribution is 5.99. The highest BCUT2D eigenvalue weighted by atomic mass is 16.5. The molecule has 0 aliphatic carbocycles. The van der Waals surface area contributed by atoms with Crippen LogP contribution in [0.2, 0.25) is 0 Å². The van der Waals surface area contributed by atoms with Gasteiger partial charge in [-0.3, -0.25) is 4.79 Å². The number of hydrogen-bond donors (Lipinski definition) is 2. The van der Waals surface area contributed by atoms with Crippen molar-refractivity contribution in [3.05, 3.63) is 59.7 Å². The number of hydrogen-bond acceptors (Lipinski definition) is 4. The quantitative estimate of drug-likeness (QED) is 0.597. The first-order valence-corrected chi connectivity index (χ1v) is 8.35. The third-order valence-corrected chi connectivity index (χ3v) is 3.50. The second-order valence-corrected chi connectivity index (χ2v) is 6.14. The molecule has 2 aromatic rings. The molecule has 0 aliphatic heterocycles. The number of carbonyl (C=O) groups excluding carboxylic acids is 1. The highest BCUT2D eigenvalue weighted by Gasteiger charge is 2.03. The molecule has 0 aromatic heterocycles. The number of nitrogens with one attached hydrogen (secondary N) is 2. The maximum absolute atomic E-state index is 11.9. The first-order chi connectivity index (χ1) is 11.9. The fourth-order valence-electron chi connectivity index (χ4n) is 2.15. The molecule has 5 nitrogen and oxygen atoms in total. The van der Waals surface area contributed by atoms with Gasteiger partial charge in [0.25, 0.3) is 5.91 Å². The van der Waals surface area contributed by atoms with Crippen molar-refractivity contribution >= 4 is 17.3 Å². The largest absolute Gasteiger partial charge is 0.491 e. The molecule has 0 fully saturated rings. The zero-order chi connectivity index (χ0) is 18.2. The fourth-order valence-corrected chi connectivity index (χ4v) is 2.15. The molecule has 0 unspecified atom stereocenters. The van der Waals surface area contributed by atoms with Gasteiger partial charge in [-0.15, -0.1) is 0 Å². The zero-order valence-corrected chi connectivity index (χ0v) is 15.2. The van der Waals surface area contributed by atoms with Crippen molar-refractivity contribution in [1.82, 2.24) is 5.43 Å². The van der Waals surface area contributed by atoms with Crippen molar-refractivity contribution in [1.29, 1.82) is 0 Å². The standard InChI is InChI=1S/C20H25N3O2/c1-14(2)25-19-11-7-17(8-12-19)16(4)22-23-20(24)13-21-18-9-5-15(3)6-10-18/h5-12,14,21H,13H2,1-4H3,(H,23,24)/b22-16-. The number of anilines is 1. The number of ether oxygens (including phenoxy) is 1. The Kier molecular flexibility index (Phi) is 6.57. The summed E-state index contributed by atoms with van der Waals surface area (Å²) in [6.45, 7) is 8.02. The van der Waals surface area contributed by atoms with Crippen LogP contribution in [0.3, 0.4) is 0 Å². The van der Waals surface area contributed by atoms with Gasteiger partial charge < -0.3 is 10.1 Å². The predicted octanol–water partition coefficient (Wildman–Crippen LogP) is 3.73. The summed E-state index contributed by atoms with van der Waals surface area (Å²) < 4.78 is 5.61. The van der Waals surface area contributed by atoms with Crippen molar-refractivity contribution in [3.8, 4) is 5.75 Å². The molecule has 0 saturated carbocycles. The van der Waals surface area contributed by atoms with Gasteiger partial charge in [-0.1, -0.05) is 17.7 Å². The molecule has 0 bridgehead atoms. The van der Waals surface area contributed by atoms with Gasteiger partial charge in [0.15, 0.2) is 0 Å². The molecule has 2 aromatic carbocycles. The molecule has 0 saturated heterocycles. The molecule has 5 heteroatoms. The number of rotatable bonds is 7. The van der Waals surface area contributed by atoms with Crippen LogP contribution in [-0.4, -0.2) is 24.3 Å². The summed E-state index contributed by atoms with van der Waals surface area (Å²) in [4.78, 5) is 11.9. The molecule has 0 spiro atoms. The number of aryl methyl sites for hydroxylation is 1. The first kappa shape index (κ1) is 18.5. The van der Waals surface area contributed by atoms with Crippen LogP contribution in [-0.2, 0) is 4.79 Å². The van der Waals surface area contributed by atoms with E-state index in [1.54, 1.807) is 0 Å². The lowest BCUT2D eigenvalue weighted by atomic mass is 10.1. The van der Waals surface area contributed by atoms with Crippen LogP contribution in [0.4, 0.5) is 5.69 Å². The monoisotopic (exact) mass is 339 g/mol. The van der Waals surface area contributed by atoms with Crippen molar-refractivity contribution in [2.24, 2.45) is 5.10 Å². The van der Waals surface area contributed by atoms with Crippen LogP contribution < -0.4 is 15.5 Å². The van der Waals surface area contributed by atoms with Gasteiger partial charge in [0.2, 0.25) is 0 Å². The van der Waals surface area contributed by atoms with E-state index < -0.39 is 0 Å². The molecule has 25 heavy (non-hydrogen) atoms. The van der Waals surface area contributed by atoms with E-state index in [1.807, 2.05) is 76.2 Å². The van der Waals surface area contributed by atoms with Crippen molar-refractivity contribution in [2.75, 3.05) is 11.9 Å². The Labute approximate surface area is 149 Å². The van der Waals surface area contributed by atoms with E-state index >= 15 is 0 Å². The minimum Gasteiger partial charge on any atom is -0.491 e. The second-order valence-electron chi connectivity index (χ2n) is 6.14. The average Bonchev–Trinajstić information content (AvgIpc) is 2.59. The van der Waals surface area contributed by atoms with E-state index in [9.17, 15) is 4.79 Å². The molecule has 2 rings (SSSR count). The van der Waals surface area contributed by atoms with Crippen molar-refractivity contribution < 1.29 is 9.53 Å². The first-order valence-electron chi connectivity index (χ1n) is 8.35. The molecular weight excluding hydrogens is 314 g/mol. The van der Waals surface area contributed by atoms with Crippen LogP contribution in [0.25, 0.3) is 0 Å². The van der Waals surface area contributed by atoms with E-state index in [2.05, 4.69) is 15.8 Å². The Morgan fingerprint density at radius 2 is 1.72 bits per heavy atom. The molecule has 0 heterocycles. The number of benzene rings is 2. The number of carbonyl (C=O) groups is 1. The van der Waals surface area contributed by atoms with E-state index in [-0.39, 0.29) is 18.6 Å². The summed E-state index contributed by atoms with van der Waals surface area (Å²) in [5.74, 6) is 0.623. The van der Waals surface area contributed by atoms with E-state index in [1.165, 1.54) is 5.56 Å². The molecule has 1 amide bonds. The lowest BCUT2D eigenvalue weighted by Crippen LogP contribution is -2.26. The smallest absolute Gasteiger partial charge is 0.259 e. The number of hydrazone groups is 1. The highest BCUT2D eigenvalue weighted by Crippen LogP contribution is 2.14.